The van der Waals surface area contributed by atoms with Crippen LogP contribution in [0.1, 0.15) is 136 Å². The molecule has 2 fully saturated rings. The van der Waals surface area contributed by atoms with E-state index in [4.69, 9.17) is 4.74 Å². The summed E-state index contributed by atoms with van der Waals surface area (Å²) in [4.78, 5) is 0. The number of benzene rings is 1. The van der Waals surface area contributed by atoms with E-state index in [1.54, 1.807) is 16.7 Å². The van der Waals surface area contributed by atoms with Crippen molar-refractivity contribution in [2.75, 3.05) is 0 Å². The molecule has 0 heterocycles. The molecule has 1 heteroatoms. The SMILES string of the molecule is CC1=CC2C(C(C)C)CCC(C)(Oc3cc4c(cc3C(C)C)CCC3C(C)(C)CCCC43C)C2CC1. The molecule has 0 radical (unpaired) electrons. The number of fused-ring (bicyclic) bond motifs is 4. The van der Waals surface area contributed by atoms with Crippen molar-refractivity contribution in [2.24, 2.45) is 35.0 Å². The van der Waals surface area contributed by atoms with E-state index < -0.39 is 0 Å². The van der Waals surface area contributed by atoms with Crippen molar-refractivity contribution >= 4 is 0 Å². The van der Waals surface area contributed by atoms with Gasteiger partial charge in [-0.2, -0.15) is 0 Å². The van der Waals surface area contributed by atoms with Gasteiger partial charge in [0.25, 0.3) is 0 Å². The van der Waals surface area contributed by atoms with Gasteiger partial charge in [-0.1, -0.05) is 72.6 Å². The highest BCUT2D eigenvalue weighted by Gasteiger charge is 2.51. The van der Waals surface area contributed by atoms with Gasteiger partial charge in [0.1, 0.15) is 11.4 Å². The molecule has 5 rings (SSSR count). The van der Waals surface area contributed by atoms with E-state index in [-0.39, 0.29) is 11.0 Å². The van der Waals surface area contributed by atoms with Gasteiger partial charge in [0, 0.05) is 5.92 Å². The van der Waals surface area contributed by atoms with Crippen molar-refractivity contribution in [3.8, 4) is 5.75 Å². The van der Waals surface area contributed by atoms with Crippen molar-refractivity contribution in [3.63, 3.8) is 0 Å². The molecule has 0 N–H and O–H groups in total. The smallest absolute Gasteiger partial charge is 0.123 e. The number of allylic oxidation sites excluding steroid dienone is 2. The van der Waals surface area contributed by atoms with Crippen LogP contribution in [0.3, 0.4) is 0 Å². The minimum Gasteiger partial charge on any atom is -0.487 e. The van der Waals surface area contributed by atoms with Gasteiger partial charge in [0.05, 0.1) is 0 Å². The summed E-state index contributed by atoms with van der Waals surface area (Å²) in [5, 5.41) is 0. The Balaban J connectivity index is 1.55. The van der Waals surface area contributed by atoms with Crippen LogP contribution < -0.4 is 4.74 Å². The molecule has 1 aromatic rings. The van der Waals surface area contributed by atoms with E-state index in [2.05, 4.69) is 80.5 Å². The third kappa shape index (κ3) is 4.29. The Labute approximate surface area is 222 Å². The molecule has 1 aromatic carbocycles. The van der Waals surface area contributed by atoms with Crippen molar-refractivity contribution in [1.29, 1.82) is 0 Å². The minimum absolute atomic E-state index is 0.0774. The van der Waals surface area contributed by atoms with E-state index in [0.717, 1.165) is 17.8 Å². The first-order valence-corrected chi connectivity index (χ1v) is 15.4. The molecule has 0 spiro atoms. The second kappa shape index (κ2) is 9.20. The molecule has 4 aliphatic rings. The van der Waals surface area contributed by atoms with E-state index >= 15 is 0 Å². The van der Waals surface area contributed by atoms with Crippen LogP contribution in [0.25, 0.3) is 0 Å². The minimum atomic E-state index is -0.0774. The quantitative estimate of drug-likeness (QED) is 0.381. The highest BCUT2D eigenvalue weighted by molar-refractivity contribution is 5.50. The topological polar surface area (TPSA) is 9.23 Å². The second-order valence-electron chi connectivity index (χ2n) is 15.1. The summed E-state index contributed by atoms with van der Waals surface area (Å²) in [6.45, 7) is 22.1. The van der Waals surface area contributed by atoms with Crippen LogP contribution >= 0.6 is 0 Å². The van der Waals surface area contributed by atoms with Crippen LogP contribution in [0.15, 0.2) is 23.8 Å². The maximum absolute atomic E-state index is 7.38. The first-order chi connectivity index (χ1) is 16.9. The lowest BCUT2D eigenvalue weighted by Gasteiger charge is -2.55. The fourth-order valence-electron chi connectivity index (χ4n) is 9.60. The molecule has 6 unspecified atom stereocenters. The summed E-state index contributed by atoms with van der Waals surface area (Å²) in [5.41, 5.74) is 6.92. The Bertz CT molecular complexity index is 1010. The monoisotopic (exact) mass is 490 g/mol. The molecule has 0 bridgehead atoms. The average molecular weight is 491 g/mol. The van der Waals surface area contributed by atoms with Gasteiger partial charge in [0.15, 0.2) is 0 Å². The maximum Gasteiger partial charge on any atom is 0.123 e. The van der Waals surface area contributed by atoms with Crippen molar-refractivity contribution in [1.82, 2.24) is 0 Å². The van der Waals surface area contributed by atoms with E-state index in [1.807, 2.05) is 0 Å². The van der Waals surface area contributed by atoms with E-state index in [1.165, 1.54) is 69.1 Å². The van der Waals surface area contributed by atoms with Crippen LogP contribution in [-0.4, -0.2) is 5.60 Å². The number of rotatable bonds is 4. The molecular weight excluding hydrogens is 436 g/mol. The number of hydrogen-bond donors (Lipinski definition) is 0. The number of hydrogen-bond acceptors (Lipinski definition) is 1. The van der Waals surface area contributed by atoms with Crippen LogP contribution in [0.4, 0.5) is 0 Å². The van der Waals surface area contributed by atoms with Gasteiger partial charge in [-0.15, -0.1) is 0 Å². The molecule has 2 saturated carbocycles. The van der Waals surface area contributed by atoms with E-state index in [0.29, 0.717) is 23.2 Å². The lowest BCUT2D eigenvalue weighted by Crippen LogP contribution is -2.52. The van der Waals surface area contributed by atoms with Gasteiger partial charge in [-0.05, 0) is 128 Å². The summed E-state index contributed by atoms with van der Waals surface area (Å²) in [7, 11) is 0. The highest BCUT2D eigenvalue weighted by atomic mass is 16.5. The van der Waals surface area contributed by atoms with Gasteiger partial charge >= 0.3 is 0 Å². The van der Waals surface area contributed by atoms with Crippen molar-refractivity contribution in [2.45, 2.75) is 137 Å². The van der Waals surface area contributed by atoms with Gasteiger partial charge in [-0.25, -0.2) is 0 Å². The van der Waals surface area contributed by atoms with Crippen LogP contribution in [0.2, 0.25) is 0 Å². The lowest BCUT2D eigenvalue weighted by molar-refractivity contribution is -0.0625. The first-order valence-electron chi connectivity index (χ1n) is 15.4. The molecule has 0 amide bonds. The first kappa shape index (κ1) is 26.4. The zero-order chi connectivity index (χ0) is 26.0. The Hall–Kier alpha value is -1.24. The summed E-state index contributed by atoms with van der Waals surface area (Å²) < 4.78 is 7.38. The lowest BCUT2D eigenvalue weighted by atomic mass is 9.50. The van der Waals surface area contributed by atoms with Crippen LogP contribution in [0, 0.1) is 35.0 Å². The maximum atomic E-state index is 7.38. The molecule has 6 atom stereocenters. The third-order valence-corrected chi connectivity index (χ3v) is 11.6. The Morgan fingerprint density at radius 1 is 0.889 bits per heavy atom. The average Bonchev–Trinajstić information content (AvgIpc) is 2.78. The molecule has 0 saturated heterocycles. The second-order valence-corrected chi connectivity index (χ2v) is 15.1. The molecule has 200 valence electrons. The largest absolute Gasteiger partial charge is 0.487 e. The zero-order valence-electron chi connectivity index (χ0n) is 25.0. The summed E-state index contributed by atoms with van der Waals surface area (Å²) in [6.07, 6.45) is 14.3. The number of aryl methyl sites for hydroxylation is 1. The Morgan fingerprint density at radius 3 is 2.33 bits per heavy atom. The van der Waals surface area contributed by atoms with E-state index in [9.17, 15) is 0 Å². The Kier molecular flexibility index (Phi) is 6.74. The highest BCUT2D eigenvalue weighted by Crippen LogP contribution is 2.58. The van der Waals surface area contributed by atoms with Gasteiger partial charge < -0.3 is 4.74 Å². The van der Waals surface area contributed by atoms with Crippen LogP contribution in [0.5, 0.6) is 5.75 Å². The van der Waals surface area contributed by atoms with Gasteiger partial charge in [-0.3, -0.25) is 0 Å². The fourth-order valence-corrected chi connectivity index (χ4v) is 9.60. The molecular formula is C35H54O. The molecule has 36 heavy (non-hydrogen) atoms. The standard InChI is InChI=1S/C35H54O/c1-22(2)26-15-18-35(9,29-13-11-24(5)19-28(26)29)36-31-21-30-25(20-27(31)23(3)4)12-14-32-33(6,7)16-10-17-34(30,32)8/h19-23,26,28-29,32H,10-18H2,1-9H3. The summed E-state index contributed by atoms with van der Waals surface area (Å²) in [6, 6.07) is 5.14. The zero-order valence-corrected chi connectivity index (χ0v) is 25.0. The fraction of sp³-hybridized carbons (Fsp3) is 0.771. The third-order valence-electron chi connectivity index (χ3n) is 11.6. The normalized spacial score (nSPS) is 37.7. The molecule has 0 aromatic heterocycles. The predicted molar refractivity (Wildman–Crippen MR) is 154 cm³/mol. The predicted octanol–water partition coefficient (Wildman–Crippen LogP) is 10.0. The van der Waals surface area contributed by atoms with Crippen LogP contribution in [-0.2, 0) is 11.8 Å². The van der Waals surface area contributed by atoms with Crippen molar-refractivity contribution in [3.05, 3.63) is 40.5 Å². The summed E-state index contributed by atoms with van der Waals surface area (Å²) >= 11 is 0. The number of ether oxygens (including phenoxy) is 1. The van der Waals surface area contributed by atoms with Crippen molar-refractivity contribution < 1.29 is 4.74 Å². The Morgan fingerprint density at radius 2 is 1.64 bits per heavy atom. The molecule has 1 nitrogen and oxygen atoms in total. The molecule has 4 aliphatic carbocycles. The van der Waals surface area contributed by atoms with Gasteiger partial charge in [0.2, 0.25) is 0 Å². The summed E-state index contributed by atoms with van der Waals surface area (Å²) in [5.74, 6) is 5.29. The molecule has 0 aliphatic heterocycles.